The summed E-state index contributed by atoms with van der Waals surface area (Å²) in [4.78, 5) is 13.0. The summed E-state index contributed by atoms with van der Waals surface area (Å²) >= 11 is 3.50. The molecular formula is C12H9NOS2. The molecule has 0 fully saturated rings. The Labute approximate surface area is 102 Å². The summed E-state index contributed by atoms with van der Waals surface area (Å²) in [5, 5.41) is 3.65. The number of anilines is 1. The van der Waals surface area contributed by atoms with Crippen LogP contribution < -0.4 is 5.32 Å². The van der Waals surface area contributed by atoms with Crippen molar-refractivity contribution in [1.29, 1.82) is 0 Å². The maximum absolute atomic E-state index is 10.4. The summed E-state index contributed by atoms with van der Waals surface area (Å²) in [6.07, 6.45) is 0.732. The number of carbonyl (C=O) groups is 1. The molecule has 4 heteroatoms. The zero-order valence-electron chi connectivity index (χ0n) is 8.40. The van der Waals surface area contributed by atoms with Crippen LogP contribution in [0.5, 0.6) is 0 Å². The average Bonchev–Trinajstić information content (AvgIpc) is 2.72. The molecule has 3 rings (SSSR count). The standard InChI is InChI=1S/C12H9NOS2/c14-7-13-11-5-8-6-15-10-4-2-1-3-9(10)12(8)16-11/h1-5,7H,6H2,(H,13,14). The lowest BCUT2D eigenvalue weighted by atomic mass is 10.1. The molecular weight excluding hydrogens is 238 g/mol. The molecule has 1 aliphatic rings. The van der Waals surface area contributed by atoms with Crippen molar-refractivity contribution in [3.63, 3.8) is 0 Å². The Balaban J connectivity index is 2.13. The second kappa shape index (κ2) is 3.96. The van der Waals surface area contributed by atoms with Gasteiger partial charge in [0.05, 0.1) is 5.00 Å². The fourth-order valence-electron chi connectivity index (χ4n) is 1.83. The molecule has 16 heavy (non-hydrogen) atoms. The maximum atomic E-state index is 10.4. The zero-order valence-corrected chi connectivity index (χ0v) is 10.0. The van der Waals surface area contributed by atoms with E-state index in [1.54, 1.807) is 11.3 Å². The molecule has 0 bridgehead atoms. The fourth-order valence-corrected chi connectivity index (χ4v) is 4.10. The van der Waals surface area contributed by atoms with Crippen LogP contribution in [0.4, 0.5) is 5.00 Å². The third-order valence-corrected chi connectivity index (χ3v) is 4.79. The molecule has 1 amide bonds. The van der Waals surface area contributed by atoms with Crippen LogP contribution in [0, 0.1) is 0 Å². The van der Waals surface area contributed by atoms with E-state index >= 15 is 0 Å². The van der Waals surface area contributed by atoms with E-state index in [9.17, 15) is 4.79 Å². The Hall–Kier alpha value is -1.26. The number of nitrogens with one attached hydrogen (secondary N) is 1. The van der Waals surface area contributed by atoms with Crippen molar-refractivity contribution in [2.24, 2.45) is 0 Å². The molecule has 0 unspecified atom stereocenters. The first kappa shape index (κ1) is 9.93. The van der Waals surface area contributed by atoms with E-state index in [1.807, 2.05) is 11.8 Å². The Morgan fingerprint density at radius 3 is 3.06 bits per heavy atom. The number of hydrogen-bond acceptors (Lipinski definition) is 3. The summed E-state index contributed by atoms with van der Waals surface area (Å²) in [5.74, 6) is 0.989. The number of thioether (sulfide) groups is 1. The van der Waals surface area contributed by atoms with E-state index in [1.165, 1.54) is 20.9 Å². The first-order valence-corrected chi connectivity index (χ1v) is 6.74. The Kier molecular flexibility index (Phi) is 2.46. The molecule has 0 aliphatic carbocycles. The lowest BCUT2D eigenvalue weighted by Gasteiger charge is -2.14. The summed E-state index contributed by atoms with van der Waals surface area (Å²) in [7, 11) is 0. The number of amides is 1. The largest absolute Gasteiger partial charge is 0.320 e. The molecule has 2 heterocycles. The highest BCUT2D eigenvalue weighted by atomic mass is 32.2. The van der Waals surface area contributed by atoms with E-state index in [-0.39, 0.29) is 0 Å². The topological polar surface area (TPSA) is 29.1 Å². The summed E-state index contributed by atoms with van der Waals surface area (Å²) in [6, 6.07) is 10.5. The number of hydrogen-bond donors (Lipinski definition) is 1. The van der Waals surface area contributed by atoms with Crippen molar-refractivity contribution < 1.29 is 4.79 Å². The number of fused-ring (bicyclic) bond motifs is 3. The lowest BCUT2D eigenvalue weighted by Crippen LogP contribution is -1.90. The molecule has 0 spiro atoms. The van der Waals surface area contributed by atoms with E-state index in [0.717, 1.165) is 17.2 Å². The van der Waals surface area contributed by atoms with Crippen LogP contribution in [0.15, 0.2) is 35.2 Å². The Morgan fingerprint density at radius 2 is 2.19 bits per heavy atom. The van der Waals surface area contributed by atoms with Crippen LogP contribution >= 0.6 is 23.1 Å². The molecule has 80 valence electrons. The lowest BCUT2D eigenvalue weighted by molar-refractivity contribution is -0.105. The van der Waals surface area contributed by atoms with Gasteiger partial charge in [-0.05, 0) is 17.7 Å². The smallest absolute Gasteiger partial charge is 0.212 e. The summed E-state index contributed by atoms with van der Waals surface area (Å²) in [6.45, 7) is 0. The van der Waals surface area contributed by atoms with Crippen LogP contribution in [0.1, 0.15) is 5.56 Å². The average molecular weight is 247 g/mol. The van der Waals surface area contributed by atoms with Crippen molar-refractivity contribution in [2.75, 3.05) is 5.32 Å². The minimum absolute atomic E-state index is 0.732. The highest BCUT2D eigenvalue weighted by molar-refractivity contribution is 7.98. The van der Waals surface area contributed by atoms with Gasteiger partial charge in [-0.15, -0.1) is 23.1 Å². The SMILES string of the molecule is O=CNc1cc2c(s1)-c1ccccc1SC2. The van der Waals surface area contributed by atoms with Gasteiger partial charge in [-0.25, -0.2) is 0 Å². The van der Waals surface area contributed by atoms with Gasteiger partial charge in [0, 0.05) is 21.1 Å². The molecule has 1 aliphatic heterocycles. The first-order valence-electron chi connectivity index (χ1n) is 4.93. The number of rotatable bonds is 2. The second-order valence-corrected chi connectivity index (χ2v) is 5.58. The van der Waals surface area contributed by atoms with Crippen molar-refractivity contribution in [3.8, 4) is 10.4 Å². The van der Waals surface area contributed by atoms with Gasteiger partial charge < -0.3 is 5.32 Å². The molecule has 2 aromatic rings. The molecule has 1 N–H and O–H groups in total. The minimum atomic E-state index is 0.732. The molecule has 1 aromatic heterocycles. The second-order valence-electron chi connectivity index (χ2n) is 3.51. The van der Waals surface area contributed by atoms with Crippen LogP contribution in [0.2, 0.25) is 0 Å². The molecule has 1 aromatic carbocycles. The van der Waals surface area contributed by atoms with Gasteiger partial charge in [0.1, 0.15) is 0 Å². The van der Waals surface area contributed by atoms with Gasteiger partial charge in [0.25, 0.3) is 0 Å². The van der Waals surface area contributed by atoms with Gasteiger partial charge >= 0.3 is 0 Å². The third kappa shape index (κ3) is 1.54. The Morgan fingerprint density at radius 1 is 1.31 bits per heavy atom. The summed E-state index contributed by atoms with van der Waals surface area (Å²) in [5.41, 5.74) is 2.61. The maximum Gasteiger partial charge on any atom is 0.212 e. The fraction of sp³-hybridized carbons (Fsp3) is 0.0833. The molecule has 0 radical (unpaired) electrons. The van der Waals surface area contributed by atoms with E-state index < -0.39 is 0 Å². The van der Waals surface area contributed by atoms with Gasteiger partial charge in [0.15, 0.2) is 0 Å². The molecule has 0 saturated carbocycles. The predicted octanol–water partition coefficient (Wildman–Crippen LogP) is 3.59. The number of benzene rings is 1. The van der Waals surface area contributed by atoms with Gasteiger partial charge in [-0.2, -0.15) is 0 Å². The van der Waals surface area contributed by atoms with Crippen LogP contribution in [0.25, 0.3) is 10.4 Å². The third-order valence-electron chi connectivity index (χ3n) is 2.53. The van der Waals surface area contributed by atoms with Gasteiger partial charge in [0.2, 0.25) is 6.41 Å². The first-order chi connectivity index (χ1) is 7.88. The van der Waals surface area contributed by atoms with Crippen LogP contribution in [-0.2, 0) is 10.5 Å². The number of carbonyl (C=O) groups excluding carboxylic acids is 1. The molecule has 0 saturated heterocycles. The van der Waals surface area contributed by atoms with E-state index in [0.29, 0.717) is 0 Å². The Bertz CT molecular complexity index is 548. The zero-order chi connectivity index (χ0) is 11.0. The number of thiophene rings is 1. The highest BCUT2D eigenvalue weighted by Gasteiger charge is 2.18. The van der Waals surface area contributed by atoms with Crippen molar-refractivity contribution in [3.05, 3.63) is 35.9 Å². The van der Waals surface area contributed by atoms with Crippen LogP contribution in [0.3, 0.4) is 0 Å². The van der Waals surface area contributed by atoms with E-state index in [2.05, 4.69) is 35.6 Å². The summed E-state index contributed by atoms with van der Waals surface area (Å²) < 4.78 is 0. The van der Waals surface area contributed by atoms with Crippen LogP contribution in [-0.4, -0.2) is 6.41 Å². The van der Waals surface area contributed by atoms with Crippen molar-refractivity contribution in [1.82, 2.24) is 0 Å². The quantitative estimate of drug-likeness (QED) is 0.822. The predicted molar refractivity (Wildman–Crippen MR) is 69.0 cm³/mol. The van der Waals surface area contributed by atoms with Gasteiger partial charge in [-0.1, -0.05) is 18.2 Å². The molecule has 2 nitrogen and oxygen atoms in total. The van der Waals surface area contributed by atoms with Crippen molar-refractivity contribution in [2.45, 2.75) is 10.6 Å². The minimum Gasteiger partial charge on any atom is -0.320 e. The normalized spacial score (nSPS) is 12.8. The van der Waals surface area contributed by atoms with Gasteiger partial charge in [-0.3, -0.25) is 4.79 Å². The van der Waals surface area contributed by atoms with E-state index in [4.69, 9.17) is 0 Å². The monoisotopic (exact) mass is 247 g/mol. The highest BCUT2D eigenvalue weighted by Crippen LogP contribution is 2.46. The molecule has 0 atom stereocenters. The van der Waals surface area contributed by atoms with Crippen molar-refractivity contribution >= 4 is 34.5 Å².